The number of furan rings is 1. The first-order valence-corrected chi connectivity index (χ1v) is 12.4. The molecule has 0 radical (unpaired) electrons. The highest BCUT2D eigenvalue weighted by Gasteiger charge is 2.33. The van der Waals surface area contributed by atoms with E-state index < -0.39 is 0 Å². The lowest BCUT2D eigenvalue weighted by Crippen LogP contribution is -2.37. The lowest BCUT2D eigenvalue weighted by atomic mass is 9.87. The number of amides is 1. The van der Waals surface area contributed by atoms with Gasteiger partial charge in [0.15, 0.2) is 5.76 Å². The van der Waals surface area contributed by atoms with Crippen LogP contribution in [0.5, 0.6) is 0 Å². The highest BCUT2D eigenvalue weighted by molar-refractivity contribution is 7.16. The summed E-state index contributed by atoms with van der Waals surface area (Å²) in [4.78, 5) is 16.8. The van der Waals surface area contributed by atoms with Crippen molar-refractivity contribution in [1.29, 1.82) is 0 Å². The zero-order valence-corrected chi connectivity index (χ0v) is 19.2. The van der Waals surface area contributed by atoms with Crippen molar-refractivity contribution < 1.29 is 13.6 Å². The van der Waals surface area contributed by atoms with Crippen LogP contribution >= 0.6 is 11.3 Å². The third-order valence-electron chi connectivity index (χ3n) is 6.83. The first-order chi connectivity index (χ1) is 15.6. The highest BCUT2D eigenvalue weighted by atomic mass is 32.1. The molecule has 3 heterocycles. The lowest BCUT2D eigenvalue weighted by molar-refractivity contribution is 0.0996. The summed E-state index contributed by atoms with van der Waals surface area (Å²) in [5, 5.41) is 4.07. The highest BCUT2D eigenvalue weighted by Crippen LogP contribution is 2.46. The molecule has 1 N–H and O–H groups in total. The number of hydrogen-bond acceptors (Lipinski definition) is 4. The maximum atomic E-state index is 13.8. The van der Waals surface area contributed by atoms with E-state index in [1.807, 2.05) is 12.1 Å². The van der Waals surface area contributed by atoms with E-state index >= 15 is 0 Å². The number of likely N-dealkylation sites (tertiary alicyclic amines) is 1. The van der Waals surface area contributed by atoms with Crippen molar-refractivity contribution in [3.8, 4) is 0 Å². The van der Waals surface area contributed by atoms with Crippen LogP contribution in [0.25, 0.3) is 0 Å². The second kappa shape index (κ2) is 9.20. The van der Waals surface area contributed by atoms with Crippen LogP contribution in [0, 0.1) is 11.7 Å². The van der Waals surface area contributed by atoms with E-state index in [9.17, 15) is 9.18 Å². The third-order valence-corrected chi connectivity index (χ3v) is 8.05. The van der Waals surface area contributed by atoms with Gasteiger partial charge in [0.1, 0.15) is 10.8 Å². The van der Waals surface area contributed by atoms with Crippen molar-refractivity contribution in [3.63, 3.8) is 0 Å². The largest absolute Gasteiger partial charge is 0.459 e. The molecule has 1 aromatic carbocycles. The Hall–Kier alpha value is -2.44. The molecule has 3 aromatic rings. The van der Waals surface area contributed by atoms with Crippen molar-refractivity contribution in [2.24, 2.45) is 5.92 Å². The van der Waals surface area contributed by atoms with Gasteiger partial charge in [0.25, 0.3) is 5.91 Å². The van der Waals surface area contributed by atoms with Crippen LogP contribution in [0.15, 0.2) is 47.1 Å². The van der Waals surface area contributed by atoms with E-state index in [1.165, 1.54) is 28.7 Å². The minimum Gasteiger partial charge on any atom is -0.459 e. The summed E-state index contributed by atoms with van der Waals surface area (Å²) in [6.45, 7) is 4.31. The fourth-order valence-corrected chi connectivity index (χ4v) is 6.35. The molecule has 1 aliphatic heterocycles. The molecule has 6 heteroatoms. The van der Waals surface area contributed by atoms with Crippen LogP contribution in [0.1, 0.15) is 70.8 Å². The molecule has 168 valence electrons. The van der Waals surface area contributed by atoms with E-state index in [0.717, 1.165) is 61.7 Å². The predicted molar refractivity (Wildman–Crippen MR) is 126 cm³/mol. The molecule has 1 aliphatic carbocycles. The van der Waals surface area contributed by atoms with Gasteiger partial charge < -0.3 is 9.73 Å². The summed E-state index contributed by atoms with van der Waals surface area (Å²) in [6.07, 6.45) is 8.24. The van der Waals surface area contributed by atoms with Crippen LogP contribution in [0.4, 0.5) is 9.39 Å². The predicted octanol–water partition coefficient (Wildman–Crippen LogP) is 6.43. The molecule has 5 rings (SSSR count). The molecule has 2 aromatic heterocycles. The Balaban J connectivity index is 1.59. The van der Waals surface area contributed by atoms with E-state index in [2.05, 4.69) is 17.1 Å². The van der Waals surface area contributed by atoms with Crippen molar-refractivity contribution in [2.45, 2.75) is 51.5 Å². The summed E-state index contributed by atoms with van der Waals surface area (Å²) in [5.74, 6) is 0.584. The Labute approximate surface area is 192 Å². The zero-order valence-electron chi connectivity index (χ0n) is 18.4. The number of benzene rings is 1. The Morgan fingerprint density at radius 3 is 2.62 bits per heavy atom. The number of anilines is 1. The second-order valence-corrected chi connectivity index (χ2v) is 10.2. The minimum atomic E-state index is -0.224. The van der Waals surface area contributed by atoms with Crippen LogP contribution < -0.4 is 5.32 Å². The molecular formula is C26H29FN2O2S. The fourth-order valence-electron chi connectivity index (χ4n) is 5.04. The first-order valence-electron chi connectivity index (χ1n) is 11.6. The minimum absolute atomic E-state index is 0.00750. The van der Waals surface area contributed by atoms with Crippen LogP contribution in [-0.4, -0.2) is 23.9 Å². The number of aryl methyl sites for hydroxylation is 1. The van der Waals surface area contributed by atoms with Gasteiger partial charge in [-0.1, -0.05) is 19.1 Å². The molecule has 4 nitrogen and oxygen atoms in total. The van der Waals surface area contributed by atoms with Crippen molar-refractivity contribution in [2.75, 3.05) is 18.4 Å². The maximum absolute atomic E-state index is 13.8. The fraction of sp³-hybridized carbons (Fsp3) is 0.423. The first kappa shape index (κ1) is 21.4. The lowest BCUT2D eigenvalue weighted by Gasteiger charge is -2.38. The molecule has 1 amide bonds. The molecule has 0 bridgehead atoms. The molecule has 32 heavy (non-hydrogen) atoms. The average Bonchev–Trinajstić information content (AvgIpc) is 3.45. The van der Waals surface area contributed by atoms with Gasteiger partial charge in [-0.15, -0.1) is 11.3 Å². The van der Waals surface area contributed by atoms with Gasteiger partial charge in [0, 0.05) is 10.4 Å². The molecule has 1 saturated heterocycles. The smallest absolute Gasteiger partial charge is 0.291 e. The number of fused-ring (bicyclic) bond motifs is 1. The third kappa shape index (κ3) is 4.26. The van der Waals surface area contributed by atoms with Crippen LogP contribution in [-0.2, 0) is 12.8 Å². The molecular weight excluding hydrogens is 423 g/mol. The molecule has 1 fully saturated rings. The van der Waals surface area contributed by atoms with Crippen molar-refractivity contribution in [3.05, 3.63) is 75.8 Å². The Morgan fingerprint density at radius 1 is 1.16 bits per heavy atom. The SMILES string of the molecule is CC1CCN(C(c2ccc(F)cc2)c2c(NC(=O)c3ccco3)sc3c2CCCC3)CC1. The standard InChI is InChI=1S/C26H29FN2O2S/c1-17-12-14-29(15-13-17)24(18-8-10-19(27)11-9-18)23-20-5-2-3-7-22(20)32-26(23)28-25(30)21-6-4-16-31-21/h4,6,8-11,16-17,24H,2-3,5,7,12-15H2,1H3,(H,28,30). The van der Waals surface area contributed by atoms with E-state index in [1.54, 1.807) is 35.6 Å². The molecule has 2 aliphatic rings. The number of nitrogens with one attached hydrogen (secondary N) is 1. The normalized spacial score (nSPS) is 18.3. The van der Waals surface area contributed by atoms with Gasteiger partial charge in [0.2, 0.25) is 0 Å². The summed E-state index contributed by atoms with van der Waals surface area (Å²) in [6, 6.07) is 10.3. The maximum Gasteiger partial charge on any atom is 0.291 e. The summed E-state index contributed by atoms with van der Waals surface area (Å²) in [7, 11) is 0. The number of piperidine rings is 1. The number of halogens is 1. The van der Waals surface area contributed by atoms with Gasteiger partial charge >= 0.3 is 0 Å². The Morgan fingerprint density at radius 2 is 1.91 bits per heavy atom. The van der Waals surface area contributed by atoms with E-state index in [0.29, 0.717) is 5.76 Å². The summed E-state index contributed by atoms with van der Waals surface area (Å²) in [5.41, 5.74) is 3.66. The molecule has 0 saturated carbocycles. The second-order valence-electron chi connectivity index (χ2n) is 9.06. The summed E-state index contributed by atoms with van der Waals surface area (Å²) >= 11 is 1.70. The molecule has 1 atom stereocenters. The van der Waals surface area contributed by atoms with Gasteiger partial charge in [-0.05, 0) is 92.9 Å². The van der Waals surface area contributed by atoms with Gasteiger partial charge in [0.05, 0.1) is 12.3 Å². The van der Waals surface area contributed by atoms with Crippen molar-refractivity contribution in [1.82, 2.24) is 4.90 Å². The number of rotatable bonds is 5. The van der Waals surface area contributed by atoms with Gasteiger partial charge in [-0.25, -0.2) is 4.39 Å². The number of nitrogens with zero attached hydrogens (tertiary/aromatic N) is 1. The van der Waals surface area contributed by atoms with Crippen molar-refractivity contribution >= 4 is 22.2 Å². The quantitative estimate of drug-likeness (QED) is 0.485. The average molecular weight is 453 g/mol. The van der Waals surface area contributed by atoms with E-state index in [-0.39, 0.29) is 17.8 Å². The Bertz CT molecular complexity index is 1070. The van der Waals surface area contributed by atoms with E-state index in [4.69, 9.17) is 4.42 Å². The van der Waals surface area contributed by atoms with Crippen LogP contribution in [0.2, 0.25) is 0 Å². The zero-order chi connectivity index (χ0) is 22.1. The number of hydrogen-bond donors (Lipinski definition) is 1. The summed E-state index contributed by atoms with van der Waals surface area (Å²) < 4.78 is 19.1. The Kier molecular flexibility index (Phi) is 6.15. The molecule has 1 unspecified atom stereocenters. The number of carbonyl (C=O) groups excluding carboxylic acids is 1. The van der Waals surface area contributed by atoms with Gasteiger partial charge in [-0.3, -0.25) is 9.69 Å². The topological polar surface area (TPSA) is 45.5 Å². The van der Waals surface area contributed by atoms with Gasteiger partial charge in [-0.2, -0.15) is 0 Å². The number of carbonyl (C=O) groups is 1. The number of thiophene rings is 1. The monoisotopic (exact) mass is 452 g/mol. The molecule has 0 spiro atoms. The van der Waals surface area contributed by atoms with Crippen LogP contribution in [0.3, 0.4) is 0 Å².